The van der Waals surface area contributed by atoms with Crippen LogP contribution < -0.4 is 10.0 Å². The van der Waals surface area contributed by atoms with Crippen LogP contribution in [0.4, 0.5) is 5.69 Å². The number of nitrogens with one attached hydrogen (secondary N) is 2. The van der Waals surface area contributed by atoms with Crippen molar-refractivity contribution in [3.05, 3.63) is 57.7 Å². The maximum absolute atomic E-state index is 12.4. The summed E-state index contributed by atoms with van der Waals surface area (Å²) in [5, 5.41) is 3.20. The molecule has 2 aromatic carbocycles. The molecule has 0 amide bonds. The Morgan fingerprint density at radius 2 is 1.71 bits per heavy atom. The van der Waals surface area contributed by atoms with Gasteiger partial charge in [0.05, 0.1) is 10.6 Å². The Labute approximate surface area is 139 Å². The van der Waals surface area contributed by atoms with Crippen molar-refractivity contribution in [3.63, 3.8) is 0 Å². The van der Waals surface area contributed by atoms with Gasteiger partial charge in [-0.15, -0.1) is 0 Å². The molecule has 6 heteroatoms. The number of para-hydroxylation sites is 1. The first kappa shape index (κ1) is 16.3. The Kier molecular flexibility index (Phi) is 5.60. The quantitative estimate of drug-likeness (QED) is 0.712. The molecule has 2 aromatic rings. The van der Waals surface area contributed by atoms with Crippen molar-refractivity contribution < 1.29 is 8.42 Å². The molecule has 0 saturated heterocycles. The summed E-state index contributed by atoms with van der Waals surface area (Å²) in [4.78, 5) is 0.265. The highest BCUT2D eigenvalue weighted by Crippen LogP contribution is 2.20. The molecule has 0 bridgehead atoms. The summed E-state index contributed by atoms with van der Waals surface area (Å²) in [7, 11) is -3.56. The molecule has 0 radical (unpaired) electrons. The average Bonchev–Trinajstić information content (AvgIpc) is 2.46. The molecule has 0 fully saturated rings. The highest BCUT2D eigenvalue weighted by molar-refractivity contribution is 14.1. The van der Waals surface area contributed by atoms with E-state index < -0.39 is 10.0 Å². The number of halogens is 1. The molecule has 21 heavy (non-hydrogen) atoms. The van der Waals surface area contributed by atoms with E-state index in [1.807, 2.05) is 25.1 Å². The lowest BCUT2D eigenvalue weighted by atomic mass is 10.2. The summed E-state index contributed by atoms with van der Waals surface area (Å²) < 4.78 is 28.5. The van der Waals surface area contributed by atoms with Gasteiger partial charge >= 0.3 is 0 Å². The summed E-state index contributed by atoms with van der Waals surface area (Å²) in [6, 6.07) is 14.2. The largest absolute Gasteiger partial charge is 0.313 e. The van der Waals surface area contributed by atoms with Gasteiger partial charge in [-0.3, -0.25) is 4.72 Å². The van der Waals surface area contributed by atoms with Crippen LogP contribution in [0.15, 0.2) is 53.4 Å². The molecule has 0 aliphatic carbocycles. The number of rotatable bonds is 6. The fourth-order valence-corrected chi connectivity index (χ4v) is 3.31. The first-order valence-electron chi connectivity index (χ1n) is 6.60. The van der Waals surface area contributed by atoms with Crippen molar-refractivity contribution in [2.45, 2.75) is 18.4 Å². The molecule has 0 aliphatic rings. The molecular weight excluding hydrogens is 399 g/mol. The van der Waals surface area contributed by atoms with E-state index >= 15 is 0 Å². The molecule has 2 rings (SSSR count). The highest BCUT2D eigenvalue weighted by atomic mass is 127. The predicted molar refractivity (Wildman–Crippen MR) is 93.8 cm³/mol. The lowest BCUT2D eigenvalue weighted by molar-refractivity contribution is 0.601. The number of benzene rings is 2. The lowest BCUT2D eigenvalue weighted by Crippen LogP contribution is -2.17. The van der Waals surface area contributed by atoms with Gasteiger partial charge in [0, 0.05) is 10.1 Å². The van der Waals surface area contributed by atoms with Gasteiger partial charge in [0.2, 0.25) is 0 Å². The Balaban J connectivity index is 2.26. The first-order chi connectivity index (χ1) is 10.0. The molecular formula is C15H17IN2O2S. The smallest absolute Gasteiger partial charge is 0.261 e. The topological polar surface area (TPSA) is 58.2 Å². The zero-order valence-electron chi connectivity index (χ0n) is 11.6. The number of hydrogen-bond donors (Lipinski definition) is 2. The van der Waals surface area contributed by atoms with E-state index in [9.17, 15) is 8.42 Å². The normalized spacial score (nSPS) is 11.3. The summed E-state index contributed by atoms with van der Waals surface area (Å²) in [6.45, 7) is 3.47. The van der Waals surface area contributed by atoms with E-state index in [0.29, 0.717) is 12.2 Å². The molecule has 112 valence electrons. The van der Waals surface area contributed by atoms with Crippen LogP contribution in [0.5, 0.6) is 0 Å². The third kappa shape index (κ3) is 4.42. The van der Waals surface area contributed by atoms with Crippen LogP contribution in [0.3, 0.4) is 0 Å². The van der Waals surface area contributed by atoms with Crippen molar-refractivity contribution in [1.82, 2.24) is 5.32 Å². The predicted octanol–water partition coefficient (Wildman–Crippen LogP) is 3.20. The maximum Gasteiger partial charge on any atom is 0.261 e. The zero-order valence-corrected chi connectivity index (χ0v) is 14.6. The second-order valence-electron chi connectivity index (χ2n) is 4.50. The molecule has 0 saturated carbocycles. The minimum atomic E-state index is -3.56. The second-order valence-corrected chi connectivity index (χ2v) is 7.42. The van der Waals surface area contributed by atoms with Gasteiger partial charge in [0.15, 0.2) is 0 Å². The van der Waals surface area contributed by atoms with Crippen LogP contribution >= 0.6 is 22.6 Å². The minimum absolute atomic E-state index is 0.265. The van der Waals surface area contributed by atoms with Crippen molar-refractivity contribution >= 4 is 38.3 Å². The van der Waals surface area contributed by atoms with Crippen LogP contribution in [-0.2, 0) is 16.6 Å². The Bertz CT molecular complexity index is 700. The van der Waals surface area contributed by atoms with Crippen molar-refractivity contribution in [2.24, 2.45) is 0 Å². The summed E-state index contributed by atoms with van der Waals surface area (Å²) >= 11 is 2.15. The van der Waals surface area contributed by atoms with E-state index in [0.717, 1.165) is 15.7 Å². The van der Waals surface area contributed by atoms with Crippen molar-refractivity contribution in [2.75, 3.05) is 11.3 Å². The Morgan fingerprint density at radius 1 is 1.05 bits per heavy atom. The minimum Gasteiger partial charge on any atom is -0.313 e. The molecule has 0 spiro atoms. The number of sulfonamides is 1. The molecule has 2 N–H and O–H groups in total. The van der Waals surface area contributed by atoms with Gasteiger partial charge < -0.3 is 5.32 Å². The van der Waals surface area contributed by atoms with Crippen molar-refractivity contribution in [1.29, 1.82) is 0 Å². The third-order valence-electron chi connectivity index (χ3n) is 2.95. The van der Waals surface area contributed by atoms with Gasteiger partial charge in [-0.25, -0.2) is 8.42 Å². The van der Waals surface area contributed by atoms with Crippen molar-refractivity contribution in [3.8, 4) is 0 Å². The van der Waals surface area contributed by atoms with E-state index in [1.165, 1.54) is 0 Å². The Morgan fingerprint density at radius 3 is 2.38 bits per heavy atom. The number of anilines is 1. The van der Waals surface area contributed by atoms with Crippen LogP contribution in [0, 0.1) is 3.57 Å². The lowest BCUT2D eigenvalue weighted by Gasteiger charge is -2.13. The van der Waals surface area contributed by atoms with E-state index in [2.05, 4.69) is 32.6 Å². The molecule has 0 heterocycles. The van der Waals surface area contributed by atoms with E-state index in [4.69, 9.17) is 0 Å². The van der Waals surface area contributed by atoms with Gasteiger partial charge in [-0.1, -0.05) is 25.1 Å². The third-order valence-corrected chi connectivity index (χ3v) is 5.05. The van der Waals surface area contributed by atoms with Gasteiger partial charge in [0.25, 0.3) is 10.0 Å². The van der Waals surface area contributed by atoms with Crippen LogP contribution in [-0.4, -0.2) is 15.0 Å². The fraction of sp³-hybridized carbons (Fsp3) is 0.200. The second kappa shape index (κ2) is 7.24. The molecule has 0 aliphatic heterocycles. The highest BCUT2D eigenvalue weighted by Gasteiger charge is 2.15. The fourth-order valence-electron chi connectivity index (χ4n) is 1.85. The summed E-state index contributed by atoms with van der Waals surface area (Å²) in [6.07, 6.45) is 0. The van der Waals surface area contributed by atoms with Crippen LogP contribution in [0.2, 0.25) is 0 Å². The molecule has 0 atom stereocenters. The number of hydrogen-bond acceptors (Lipinski definition) is 3. The van der Waals surface area contributed by atoms with E-state index in [1.54, 1.807) is 30.3 Å². The van der Waals surface area contributed by atoms with E-state index in [-0.39, 0.29) is 4.90 Å². The first-order valence-corrected chi connectivity index (χ1v) is 9.16. The standard InChI is InChI=1S/C15H17IN2O2S/c1-2-17-11-12-5-3-4-6-15(12)18-21(19,20)14-9-7-13(16)8-10-14/h3-10,17-18H,2,11H2,1H3. The summed E-state index contributed by atoms with van der Waals surface area (Å²) in [5.74, 6) is 0. The molecule has 0 aromatic heterocycles. The molecule has 4 nitrogen and oxygen atoms in total. The SMILES string of the molecule is CCNCc1ccccc1NS(=O)(=O)c1ccc(I)cc1. The Hall–Kier alpha value is -1.12. The average molecular weight is 416 g/mol. The maximum atomic E-state index is 12.4. The van der Waals surface area contributed by atoms with Gasteiger partial charge in [0.1, 0.15) is 0 Å². The van der Waals surface area contributed by atoms with Gasteiger partial charge in [-0.2, -0.15) is 0 Å². The molecule has 0 unspecified atom stereocenters. The zero-order chi connectivity index (χ0) is 15.3. The monoisotopic (exact) mass is 416 g/mol. The summed E-state index contributed by atoms with van der Waals surface area (Å²) in [5.41, 5.74) is 1.53. The van der Waals surface area contributed by atoms with Crippen LogP contribution in [0.25, 0.3) is 0 Å². The van der Waals surface area contributed by atoms with Gasteiger partial charge in [-0.05, 0) is 65.0 Å². The van der Waals surface area contributed by atoms with Crippen LogP contribution in [0.1, 0.15) is 12.5 Å².